The molecule has 0 aliphatic carbocycles. The van der Waals surface area contributed by atoms with Crippen LogP contribution in [-0.4, -0.2) is 30.7 Å². The average Bonchev–Trinajstić information content (AvgIpc) is 2.52. The Morgan fingerprint density at radius 2 is 2.10 bits per heavy atom. The Bertz CT molecular complexity index is 621. The van der Waals surface area contributed by atoms with Gasteiger partial charge in [-0.05, 0) is 18.1 Å². The van der Waals surface area contributed by atoms with Crippen LogP contribution in [0.25, 0.3) is 0 Å². The quantitative estimate of drug-likeness (QED) is 0.830. The zero-order chi connectivity index (χ0) is 14.4. The molecule has 0 saturated heterocycles. The Hall–Kier alpha value is -2.61. The smallest absolute Gasteiger partial charge is 0.145 e. The normalized spacial score (nSPS) is 9.85. The summed E-state index contributed by atoms with van der Waals surface area (Å²) < 4.78 is 5.33. The Kier molecular flexibility index (Phi) is 4.51. The Morgan fingerprint density at radius 3 is 2.85 bits per heavy atom. The summed E-state index contributed by atoms with van der Waals surface area (Å²) in [5.74, 6) is 1.63. The van der Waals surface area contributed by atoms with Gasteiger partial charge in [0.1, 0.15) is 29.7 Å². The predicted molar refractivity (Wildman–Crippen MR) is 76.7 cm³/mol. The third-order valence-corrected chi connectivity index (χ3v) is 3.07. The van der Waals surface area contributed by atoms with E-state index in [2.05, 4.69) is 9.97 Å². The van der Waals surface area contributed by atoms with Crippen molar-refractivity contribution in [2.45, 2.75) is 6.42 Å². The molecule has 5 nitrogen and oxygen atoms in total. The van der Waals surface area contributed by atoms with Gasteiger partial charge in [-0.25, -0.2) is 9.97 Å². The summed E-state index contributed by atoms with van der Waals surface area (Å²) in [5, 5.41) is 8.84. The maximum Gasteiger partial charge on any atom is 0.145 e. The minimum absolute atomic E-state index is 0.374. The lowest BCUT2D eigenvalue weighted by molar-refractivity contribution is 0.409. The second-order valence-electron chi connectivity index (χ2n) is 4.36. The lowest BCUT2D eigenvalue weighted by Crippen LogP contribution is -2.21. The van der Waals surface area contributed by atoms with Crippen molar-refractivity contribution >= 4 is 5.82 Å². The Morgan fingerprint density at radius 1 is 1.30 bits per heavy atom. The summed E-state index contributed by atoms with van der Waals surface area (Å²) in [5.41, 5.74) is 1.52. The molecule has 0 aliphatic heterocycles. The van der Waals surface area contributed by atoms with Crippen LogP contribution in [0.4, 0.5) is 5.82 Å². The van der Waals surface area contributed by atoms with Crippen LogP contribution in [0.5, 0.6) is 5.75 Å². The SMILES string of the molecule is COc1ccccc1CCN(C)c1cc(C#N)ncn1. The summed E-state index contributed by atoms with van der Waals surface area (Å²) in [6.45, 7) is 0.780. The lowest BCUT2D eigenvalue weighted by atomic mass is 10.1. The van der Waals surface area contributed by atoms with E-state index in [1.165, 1.54) is 6.33 Å². The number of anilines is 1. The van der Waals surface area contributed by atoms with Gasteiger partial charge in [0.2, 0.25) is 0 Å². The molecule has 0 radical (unpaired) electrons. The number of benzene rings is 1. The lowest BCUT2D eigenvalue weighted by Gasteiger charge is -2.18. The Balaban J connectivity index is 2.05. The largest absolute Gasteiger partial charge is 0.496 e. The molecular formula is C15H16N4O. The highest BCUT2D eigenvalue weighted by molar-refractivity contribution is 5.42. The van der Waals surface area contributed by atoms with Crippen LogP contribution < -0.4 is 9.64 Å². The molecule has 1 aromatic carbocycles. The molecule has 5 heteroatoms. The number of hydrogen-bond donors (Lipinski definition) is 0. The van der Waals surface area contributed by atoms with Gasteiger partial charge in [0, 0.05) is 19.7 Å². The summed E-state index contributed by atoms with van der Waals surface area (Å²) in [4.78, 5) is 10.0. The van der Waals surface area contributed by atoms with Crippen LogP contribution in [0.3, 0.4) is 0 Å². The van der Waals surface area contributed by atoms with Gasteiger partial charge in [-0.3, -0.25) is 0 Å². The predicted octanol–water partition coefficient (Wildman–Crippen LogP) is 2.04. The van der Waals surface area contributed by atoms with Gasteiger partial charge in [-0.1, -0.05) is 18.2 Å². The number of methoxy groups -OCH3 is 1. The number of rotatable bonds is 5. The molecule has 1 aromatic heterocycles. The first-order valence-corrected chi connectivity index (χ1v) is 6.29. The van der Waals surface area contributed by atoms with Gasteiger partial charge in [0.05, 0.1) is 7.11 Å². The van der Waals surface area contributed by atoms with E-state index in [0.29, 0.717) is 5.69 Å². The van der Waals surface area contributed by atoms with Crippen LogP contribution in [0.15, 0.2) is 36.7 Å². The first kappa shape index (κ1) is 13.8. The van der Waals surface area contributed by atoms with E-state index in [9.17, 15) is 0 Å². The van der Waals surface area contributed by atoms with Crippen LogP contribution in [0.1, 0.15) is 11.3 Å². The highest BCUT2D eigenvalue weighted by Gasteiger charge is 2.07. The second-order valence-corrected chi connectivity index (χ2v) is 4.36. The fourth-order valence-corrected chi connectivity index (χ4v) is 1.93. The first-order valence-electron chi connectivity index (χ1n) is 6.29. The molecule has 0 aliphatic rings. The summed E-state index contributed by atoms with van der Waals surface area (Å²) >= 11 is 0. The highest BCUT2D eigenvalue weighted by atomic mass is 16.5. The van der Waals surface area contributed by atoms with Crippen LogP contribution in [-0.2, 0) is 6.42 Å². The molecule has 0 amide bonds. The summed E-state index contributed by atoms with van der Waals surface area (Å²) in [6, 6.07) is 11.7. The summed E-state index contributed by atoms with van der Waals surface area (Å²) in [7, 11) is 3.62. The third kappa shape index (κ3) is 3.23. The Labute approximate surface area is 118 Å². The highest BCUT2D eigenvalue weighted by Crippen LogP contribution is 2.18. The van der Waals surface area contributed by atoms with Crippen molar-refractivity contribution in [1.82, 2.24) is 9.97 Å². The fourth-order valence-electron chi connectivity index (χ4n) is 1.93. The van der Waals surface area contributed by atoms with Crippen molar-refractivity contribution < 1.29 is 4.74 Å². The molecule has 0 fully saturated rings. The topological polar surface area (TPSA) is 62.0 Å². The monoisotopic (exact) mass is 268 g/mol. The number of nitriles is 1. The molecule has 0 unspecified atom stereocenters. The number of para-hydroxylation sites is 1. The van der Waals surface area contributed by atoms with Crippen molar-refractivity contribution in [3.8, 4) is 11.8 Å². The number of hydrogen-bond acceptors (Lipinski definition) is 5. The van der Waals surface area contributed by atoms with Gasteiger partial charge in [0.25, 0.3) is 0 Å². The second kappa shape index (κ2) is 6.53. The average molecular weight is 268 g/mol. The number of likely N-dealkylation sites (N-methyl/N-ethyl adjacent to an activating group) is 1. The zero-order valence-electron chi connectivity index (χ0n) is 11.6. The van der Waals surface area contributed by atoms with Gasteiger partial charge < -0.3 is 9.64 Å². The molecule has 0 atom stereocenters. The molecular weight excluding hydrogens is 252 g/mol. The van der Waals surface area contributed by atoms with E-state index >= 15 is 0 Å². The van der Waals surface area contributed by atoms with Gasteiger partial charge in [0.15, 0.2) is 0 Å². The van der Waals surface area contributed by atoms with Gasteiger partial charge in [-0.15, -0.1) is 0 Å². The van der Waals surface area contributed by atoms with E-state index in [4.69, 9.17) is 10.00 Å². The molecule has 1 heterocycles. The minimum atomic E-state index is 0.374. The van der Waals surface area contributed by atoms with Gasteiger partial charge >= 0.3 is 0 Å². The molecule has 20 heavy (non-hydrogen) atoms. The maximum atomic E-state index is 8.84. The molecule has 102 valence electrons. The van der Waals surface area contributed by atoms with E-state index in [0.717, 1.165) is 30.1 Å². The maximum absolute atomic E-state index is 8.84. The number of aromatic nitrogens is 2. The van der Waals surface area contributed by atoms with Crippen LogP contribution in [0, 0.1) is 11.3 Å². The third-order valence-electron chi connectivity index (χ3n) is 3.07. The van der Waals surface area contributed by atoms with Crippen molar-refractivity contribution in [2.75, 3.05) is 25.6 Å². The first-order chi connectivity index (χ1) is 9.74. The van der Waals surface area contributed by atoms with Gasteiger partial charge in [-0.2, -0.15) is 5.26 Å². The van der Waals surface area contributed by atoms with E-state index in [-0.39, 0.29) is 0 Å². The number of ether oxygens (including phenoxy) is 1. The van der Waals surface area contributed by atoms with Crippen LogP contribution in [0.2, 0.25) is 0 Å². The van der Waals surface area contributed by atoms with Crippen molar-refractivity contribution in [1.29, 1.82) is 5.26 Å². The standard InChI is InChI=1S/C15H16N4O/c1-19(15-9-13(10-16)17-11-18-15)8-7-12-5-3-4-6-14(12)20-2/h3-6,9,11H,7-8H2,1-2H3. The number of nitrogens with zero attached hydrogens (tertiary/aromatic N) is 4. The fraction of sp³-hybridized carbons (Fsp3) is 0.267. The summed E-state index contributed by atoms with van der Waals surface area (Å²) in [6.07, 6.45) is 2.25. The molecule has 0 N–H and O–H groups in total. The van der Waals surface area contributed by atoms with Crippen molar-refractivity contribution in [2.24, 2.45) is 0 Å². The van der Waals surface area contributed by atoms with Crippen LogP contribution >= 0.6 is 0 Å². The van der Waals surface area contributed by atoms with E-state index in [1.54, 1.807) is 13.2 Å². The molecule has 2 aromatic rings. The zero-order valence-corrected chi connectivity index (χ0v) is 11.6. The molecule has 0 bridgehead atoms. The molecule has 0 saturated carbocycles. The molecule has 0 spiro atoms. The molecule has 2 rings (SSSR count). The van der Waals surface area contributed by atoms with E-state index < -0.39 is 0 Å². The minimum Gasteiger partial charge on any atom is -0.496 e. The van der Waals surface area contributed by atoms with E-state index in [1.807, 2.05) is 42.3 Å². The van der Waals surface area contributed by atoms with Crippen molar-refractivity contribution in [3.63, 3.8) is 0 Å². The van der Waals surface area contributed by atoms with Crippen molar-refractivity contribution in [3.05, 3.63) is 47.9 Å².